The fraction of sp³-hybridized carbons (Fsp3) is 1.00. The zero-order chi connectivity index (χ0) is 7.98. The first kappa shape index (κ1) is 9.92. The van der Waals surface area contributed by atoms with E-state index in [4.69, 9.17) is 5.73 Å². The summed E-state index contributed by atoms with van der Waals surface area (Å²) >= 11 is 0. The highest BCUT2D eigenvalue weighted by Gasteiger charge is 2.10. The average molecular weight is 145 g/mol. The first-order valence-corrected chi connectivity index (χ1v) is 4.16. The zero-order valence-electron chi connectivity index (χ0n) is 7.01. The van der Waals surface area contributed by atoms with Crippen LogP contribution >= 0.6 is 0 Å². The highest BCUT2D eigenvalue weighted by atomic mass is 16.3. The molecule has 0 aliphatic rings. The summed E-state index contributed by atoms with van der Waals surface area (Å²) in [5.74, 6) is 0. The van der Waals surface area contributed by atoms with Gasteiger partial charge in [-0.1, -0.05) is 26.7 Å². The van der Waals surface area contributed by atoms with Gasteiger partial charge in [-0.3, -0.25) is 0 Å². The molecular weight excluding hydrogens is 126 g/mol. The predicted molar refractivity (Wildman–Crippen MR) is 43.8 cm³/mol. The average Bonchev–Trinajstić information content (AvgIpc) is 1.98. The van der Waals surface area contributed by atoms with E-state index in [1.807, 2.05) is 6.92 Å². The van der Waals surface area contributed by atoms with Crippen LogP contribution < -0.4 is 5.73 Å². The summed E-state index contributed by atoms with van der Waals surface area (Å²) in [6.45, 7) is 4.08. The van der Waals surface area contributed by atoms with Gasteiger partial charge in [-0.15, -0.1) is 0 Å². The van der Waals surface area contributed by atoms with Crippen molar-refractivity contribution in [3.05, 3.63) is 0 Å². The van der Waals surface area contributed by atoms with Crippen LogP contribution in [0.3, 0.4) is 0 Å². The van der Waals surface area contributed by atoms with Crippen molar-refractivity contribution in [2.75, 3.05) is 0 Å². The smallest absolute Gasteiger partial charge is 0.0688 e. The Balaban J connectivity index is 3.31. The summed E-state index contributed by atoms with van der Waals surface area (Å²) in [5.41, 5.74) is 5.66. The molecule has 0 saturated heterocycles. The Labute approximate surface area is 63.4 Å². The molecule has 10 heavy (non-hydrogen) atoms. The molecule has 0 aliphatic carbocycles. The Hall–Kier alpha value is -0.0800. The van der Waals surface area contributed by atoms with Crippen molar-refractivity contribution in [3.8, 4) is 0 Å². The number of rotatable bonds is 5. The van der Waals surface area contributed by atoms with E-state index < -0.39 is 0 Å². The van der Waals surface area contributed by atoms with Crippen LogP contribution in [0.5, 0.6) is 0 Å². The van der Waals surface area contributed by atoms with Crippen molar-refractivity contribution in [2.24, 2.45) is 5.73 Å². The molecule has 0 radical (unpaired) electrons. The molecule has 0 aromatic heterocycles. The van der Waals surface area contributed by atoms with Gasteiger partial charge in [0.05, 0.1) is 6.10 Å². The van der Waals surface area contributed by atoms with E-state index >= 15 is 0 Å². The fourth-order valence-corrected chi connectivity index (χ4v) is 0.935. The molecule has 0 rings (SSSR count). The molecule has 0 aromatic rings. The summed E-state index contributed by atoms with van der Waals surface area (Å²) in [6, 6.07) is -0.00931. The van der Waals surface area contributed by atoms with Crippen LogP contribution in [0.2, 0.25) is 0 Å². The van der Waals surface area contributed by atoms with Gasteiger partial charge in [-0.05, 0) is 12.8 Å². The van der Waals surface area contributed by atoms with Crippen LogP contribution in [-0.4, -0.2) is 17.3 Å². The SMILES string of the molecule is CCCCC(N)C(O)CC. The highest BCUT2D eigenvalue weighted by molar-refractivity contribution is 4.69. The van der Waals surface area contributed by atoms with E-state index in [9.17, 15) is 5.11 Å². The van der Waals surface area contributed by atoms with Crippen molar-refractivity contribution in [2.45, 2.75) is 51.7 Å². The van der Waals surface area contributed by atoms with E-state index in [0.29, 0.717) is 0 Å². The van der Waals surface area contributed by atoms with Crippen LogP contribution in [0, 0.1) is 0 Å². The van der Waals surface area contributed by atoms with Gasteiger partial charge in [0.2, 0.25) is 0 Å². The zero-order valence-corrected chi connectivity index (χ0v) is 7.01. The number of nitrogens with two attached hydrogens (primary N) is 1. The molecule has 0 bridgehead atoms. The number of hydrogen-bond donors (Lipinski definition) is 2. The van der Waals surface area contributed by atoms with Crippen LogP contribution in [0.15, 0.2) is 0 Å². The molecule has 0 aromatic carbocycles. The predicted octanol–water partition coefficient (Wildman–Crippen LogP) is 1.27. The topological polar surface area (TPSA) is 46.2 Å². The minimum absolute atomic E-state index is 0.00931. The Morgan fingerprint density at radius 2 is 2.00 bits per heavy atom. The number of hydrogen-bond acceptors (Lipinski definition) is 2. The summed E-state index contributed by atoms with van der Waals surface area (Å²) in [5, 5.41) is 9.23. The second-order valence-corrected chi connectivity index (χ2v) is 2.78. The molecule has 0 heterocycles. The van der Waals surface area contributed by atoms with Crippen LogP contribution in [0.25, 0.3) is 0 Å². The second-order valence-electron chi connectivity index (χ2n) is 2.78. The van der Waals surface area contributed by atoms with E-state index in [1.165, 1.54) is 0 Å². The van der Waals surface area contributed by atoms with Crippen molar-refractivity contribution < 1.29 is 5.11 Å². The first-order chi connectivity index (χ1) is 4.72. The van der Waals surface area contributed by atoms with Gasteiger partial charge in [-0.25, -0.2) is 0 Å². The lowest BCUT2D eigenvalue weighted by Crippen LogP contribution is -2.33. The van der Waals surface area contributed by atoms with Crippen molar-refractivity contribution in [3.63, 3.8) is 0 Å². The molecule has 2 heteroatoms. The third kappa shape index (κ3) is 3.85. The lowest BCUT2D eigenvalue weighted by molar-refractivity contribution is 0.135. The quantitative estimate of drug-likeness (QED) is 0.612. The maximum absolute atomic E-state index is 9.23. The molecule has 0 spiro atoms. The Morgan fingerprint density at radius 1 is 1.40 bits per heavy atom. The van der Waals surface area contributed by atoms with Gasteiger partial charge < -0.3 is 10.8 Å². The van der Waals surface area contributed by atoms with E-state index in [1.54, 1.807) is 0 Å². The summed E-state index contributed by atoms with van der Waals surface area (Å²) in [4.78, 5) is 0. The Bertz CT molecular complexity index is 75.7. The van der Waals surface area contributed by atoms with Gasteiger partial charge in [0.25, 0.3) is 0 Å². The van der Waals surface area contributed by atoms with Crippen LogP contribution in [-0.2, 0) is 0 Å². The minimum Gasteiger partial charge on any atom is -0.392 e. The summed E-state index contributed by atoms with van der Waals surface area (Å²) in [6.07, 6.45) is 3.70. The molecule has 3 N–H and O–H groups in total. The largest absolute Gasteiger partial charge is 0.392 e. The molecule has 2 atom stereocenters. The molecular formula is C8H19NO. The normalized spacial score (nSPS) is 16.8. The molecule has 62 valence electrons. The number of aliphatic hydroxyl groups excluding tert-OH is 1. The Kier molecular flexibility index (Phi) is 5.64. The van der Waals surface area contributed by atoms with Crippen molar-refractivity contribution in [1.82, 2.24) is 0 Å². The molecule has 2 nitrogen and oxygen atoms in total. The monoisotopic (exact) mass is 145 g/mol. The lowest BCUT2D eigenvalue weighted by atomic mass is 10.0. The number of aliphatic hydroxyl groups is 1. The van der Waals surface area contributed by atoms with Gasteiger partial charge in [0, 0.05) is 6.04 Å². The van der Waals surface area contributed by atoms with Crippen molar-refractivity contribution >= 4 is 0 Å². The standard InChI is InChI=1S/C8H19NO/c1-3-5-6-7(9)8(10)4-2/h7-8,10H,3-6,9H2,1-2H3. The maximum atomic E-state index is 9.23. The minimum atomic E-state index is -0.299. The van der Waals surface area contributed by atoms with Crippen molar-refractivity contribution in [1.29, 1.82) is 0 Å². The van der Waals surface area contributed by atoms with Gasteiger partial charge in [0.15, 0.2) is 0 Å². The third-order valence-electron chi connectivity index (χ3n) is 1.80. The number of unbranched alkanes of at least 4 members (excludes halogenated alkanes) is 1. The Morgan fingerprint density at radius 3 is 2.40 bits per heavy atom. The van der Waals surface area contributed by atoms with Gasteiger partial charge in [-0.2, -0.15) is 0 Å². The highest BCUT2D eigenvalue weighted by Crippen LogP contribution is 2.04. The molecule has 2 unspecified atom stereocenters. The molecule has 0 aliphatic heterocycles. The van der Waals surface area contributed by atoms with E-state index in [-0.39, 0.29) is 12.1 Å². The molecule has 0 fully saturated rings. The second kappa shape index (κ2) is 5.69. The lowest BCUT2D eigenvalue weighted by Gasteiger charge is -2.16. The van der Waals surface area contributed by atoms with Crippen LogP contribution in [0.4, 0.5) is 0 Å². The summed E-state index contributed by atoms with van der Waals surface area (Å²) < 4.78 is 0. The van der Waals surface area contributed by atoms with Gasteiger partial charge in [0.1, 0.15) is 0 Å². The van der Waals surface area contributed by atoms with Crippen LogP contribution in [0.1, 0.15) is 39.5 Å². The maximum Gasteiger partial charge on any atom is 0.0688 e. The van der Waals surface area contributed by atoms with Gasteiger partial charge >= 0.3 is 0 Å². The third-order valence-corrected chi connectivity index (χ3v) is 1.80. The fourth-order valence-electron chi connectivity index (χ4n) is 0.935. The molecule has 0 saturated carbocycles. The first-order valence-electron chi connectivity index (χ1n) is 4.16. The van der Waals surface area contributed by atoms with E-state index in [0.717, 1.165) is 25.7 Å². The van der Waals surface area contributed by atoms with E-state index in [2.05, 4.69) is 6.92 Å². The summed E-state index contributed by atoms with van der Waals surface area (Å²) in [7, 11) is 0. The molecule has 0 amide bonds.